The van der Waals surface area contributed by atoms with Gasteiger partial charge in [0.1, 0.15) is 0 Å². The molecular weight excluding hydrogens is 278 g/mol. The van der Waals surface area contributed by atoms with Gasteiger partial charge in [-0.2, -0.15) is 0 Å². The fraction of sp³-hybridized carbons (Fsp3) is 0.706. The summed E-state index contributed by atoms with van der Waals surface area (Å²) in [6.45, 7) is 10.5. The van der Waals surface area contributed by atoms with E-state index in [1.165, 1.54) is 30.7 Å². The quantitative estimate of drug-likeness (QED) is 0.928. The summed E-state index contributed by atoms with van der Waals surface area (Å²) in [5.74, 6) is 0.896. The van der Waals surface area contributed by atoms with E-state index in [-0.39, 0.29) is 0 Å². The second-order valence-electron chi connectivity index (χ2n) is 7.93. The van der Waals surface area contributed by atoms with Crippen molar-refractivity contribution in [3.8, 4) is 0 Å². The summed E-state index contributed by atoms with van der Waals surface area (Å²) in [5.41, 5.74) is 3.40. The Hall–Kier alpha value is -0.870. The molecule has 4 heteroatoms. The van der Waals surface area contributed by atoms with E-state index >= 15 is 0 Å². The molecule has 2 bridgehead atoms. The van der Waals surface area contributed by atoms with E-state index < -0.39 is 0 Å². The van der Waals surface area contributed by atoms with Crippen LogP contribution in [0.2, 0.25) is 0 Å². The Morgan fingerprint density at radius 1 is 1.43 bits per heavy atom. The molecule has 1 N–H and O–H groups in total. The summed E-state index contributed by atoms with van der Waals surface area (Å²) < 4.78 is 2.25. The van der Waals surface area contributed by atoms with Crippen molar-refractivity contribution in [1.82, 2.24) is 14.7 Å². The minimum absolute atomic E-state index is 0.416. The van der Waals surface area contributed by atoms with Crippen LogP contribution >= 0.6 is 11.3 Å². The van der Waals surface area contributed by atoms with Crippen molar-refractivity contribution in [2.24, 2.45) is 16.7 Å². The summed E-state index contributed by atoms with van der Waals surface area (Å²) in [5, 5.41) is 6.03. The van der Waals surface area contributed by atoms with Crippen LogP contribution in [0.4, 0.5) is 0 Å². The van der Waals surface area contributed by atoms with Crippen LogP contribution in [0.1, 0.15) is 51.4 Å². The first-order valence-corrected chi connectivity index (χ1v) is 8.94. The number of nitrogens with one attached hydrogen (secondary N) is 1. The van der Waals surface area contributed by atoms with Crippen molar-refractivity contribution in [3.63, 3.8) is 0 Å². The summed E-state index contributed by atoms with van der Waals surface area (Å²) in [6, 6.07) is 0.618. The minimum Gasteiger partial charge on any atom is -0.307 e. The highest BCUT2D eigenvalue weighted by Crippen LogP contribution is 2.62. The normalized spacial score (nSPS) is 34.1. The number of thiazole rings is 1. The first-order chi connectivity index (χ1) is 9.92. The number of imidazole rings is 1. The average Bonchev–Trinajstić information content (AvgIpc) is 3.09. The van der Waals surface area contributed by atoms with Gasteiger partial charge in [-0.05, 0) is 42.9 Å². The van der Waals surface area contributed by atoms with Crippen molar-refractivity contribution in [2.75, 3.05) is 0 Å². The van der Waals surface area contributed by atoms with Gasteiger partial charge in [0.2, 0.25) is 0 Å². The lowest BCUT2D eigenvalue weighted by atomic mass is 9.68. The number of fused-ring (bicyclic) bond motifs is 3. The van der Waals surface area contributed by atoms with E-state index in [4.69, 9.17) is 0 Å². The van der Waals surface area contributed by atoms with Crippen LogP contribution < -0.4 is 5.32 Å². The lowest BCUT2D eigenvalue weighted by molar-refractivity contribution is 0.107. The lowest BCUT2D eigenvalue weighted by Gasteiger charge is -2.43. The Morgan fingerprint density at radius 2 is 2.24 bits per heavy atom. The van der Waals surface area contributed by atoms with Crippen molar-refractivity contribution >= 4 is 16.3 Å². The number of rotatable bonds is 3. The molecule has 3 nitrogen and oxygen atoms in total. The highest BCUT2D eigenvalue weighted by Gasteiger charge is 2.58. The Bertz CT molecular complexity index is 679. The molecule has 0 radical (unpaired) electrons. The Kier molecular flexibility index (Phi) is 2.84. The Labute approximate surface area is 130 Å². The molecule has 0 spiro atoms. The Morgan fingerprint density at radius 3 is 2.95 bits per heavy atom. The third kappa shape index (κ3) is 1.85. The van der Waals surface area contributed by atoms with Crippen molar-refractivity contribution < 1.29 is 0 Å². The molecule has 2 fully saturated rings. The second-order valence-corrected chi connectivity index (χ2v) is 8.80. The smallest absolute Gasteiger partial charge is 0.194 e. The van der Waals surface area contributed by atoms with Crippen LogP contribution in [0, 0.1) is 23.7 Å². The molecule has 2 aromatic heterocycles. The fourth-order valence-electron chi connectivity index (χ4n) is 5.16. The maximum atomic E-state index is 4.66. The Balaban J connectivity index is 1.59. The number of aromatic nitrogens is 2. The van der Waals surface area contributed by atoms with Crippen molar-refractivity contribution in [1.29, 1.82) is 0 Å². The summed E-state index contributed by atoms with van der Waals surface area (Å²) in [6.07, 6.45) is 6.35. The molecule has 2 aromatic rings. The average molecular weight is 303 g/mol. The van der Waals surface area contributed by atoms with Gasteiger partial charge in [-0.1, -0.05) is 20.8 Å². The zero-order chi connectivity index (χ0) is 14.8. The van der Waals surface area contributed by atoms with Gasteiger partial charge in [0.25, 0.3) is 0 Å². The highest BCUT2D eigenvalue weighted by atomic mass is 32.1. The molecule has 3 unspecified atom stereocenters. The molecule has 0 saturated heterocycles. The van der Waals surface area contributed by atoms with Gasteiger partial charge in [0, 0.05) is 24.2 Å². The molecule has 2 aliphatic rings. The van der Waals surface area contributed by atoms with Crippen LogP contribution in [-0.4, -0.2) is 15.4 Å². The summed E-state index contributed by atoms with van der Waals surface area (Å²) in [7, 11) is 0. The summed E-state index contributed by atoms with van der Waals surface area (Å²) in [4.78, 5) is 5.78. The molecule has 2 aliphatic carbocycles. The van der Waals surface area contributed by atoms with E-state index in [0.29, 0.717) is 16.9 Å². The fourth-order valence-corrected chi connectivity index (χ4v) is 5.94. The van der Waals surface area contributed by atoms with Gasteiger partial charge in [0.05, 0.1) is 11.4 Å². The van der Waals surface area contributed by atoms with Crippen LogP contribution in [-0.2, 0) is 6.54 Å². The zero-order valence-electron chi connectivity index (χ0n) is 13.4. The minimum atomic E-state index is 0.416. The first-order valence-electron chi connectivity index (χ1n) is 8.06. The highest BCUT2D eigenvalue weighted by molar-refractivity contribution is 7.15. The predicted octanol–water partition coefficient (Wildman–Crippen LogP) is 4.01. The largest absolute Gasteiger partial charge is 0.307 e. The first kappa shape index (κ1) is 13.8. The van der Waals surface area contributed by atoms with Gasteiger partial charge < -0.3 is 5.32 Å². The van der Waals surface area contributed by atoms with Gasteiger partial charge in [-0.25, -0.2) is 4.98 Å². The van der Waals surface area contributed by atoms with Crippen LogP contribution in [0.5, 0.6) is 0 Å². The van der Waals surface area contributed by atoms with E-state index in [0.717, 1.165) is 17.4 Å². The molecule has 0 amide bonds. The van der Waals surface area contributed by atoms with Crippen LogP contribution in [0.25, 0.3) is 4.96 Å². The molecule has 4 rings (SSSR count). The molecule has 0 aliphatic heterocycles. The second kappa shape index (κ2) is 4.32. The van der Waals surface area contributed by atoms with Gasteiger partial charge in [-0.3, -0.25) is 4.40 Å². The molecule has 114 valence electrons. The van der Waals surface area contributed by atoms with Crippen molar-refractivity contribution in [2.45, 2.75) is 59.5 Å². The predicted molar refractivity (Wildman–Crippen MR) is 87.7 cm³/mol. The monoisotopic (exact) mass is 303 g/mol. The maximum absolute atomic E-state index is 4.66. The zero-order valence-corrected chi connectivity index (χ0v) is 14.3. The van der Waals surface area contributed by atoms with E-state index in [1.54, 1.807) is 11.3 Å². The van der Waals surface area contributed by atoms with Crippen LogP contribution in [0.3, 0.4) is 0 Å². The number of nitrogens with zero attached hydrogens (tertiary/aromatic N) is 2. The van der Waals surface area contributed by atoms with Gasteiger partial charge >= 0.3 is 0 Å². The maximum Gasteiger partial charge on any atom is 0.194 e. The number of aryl methyl sites for hydroxylation is 1. The van der Waals surface area contributed by atoms with E-state index in [9.17, 15) is 0 Å². The number of hydrogen-bond donors (Lipinski definition) is 1. The van der Waals surface area contributed by atoms with E-state index in [1.807, 2.05) is 0 Å². The molecule has 21 heavy (non-hydrogen) atoms. The van der Waals surface area contributed by atoms with Crippen molar-refractivity contribution in [3.05, 3.63) is 23.0 Å². The lowest BCUT2D eigenvalue weighted by Crippen LogP contribution is -2.50. The third-order valence-electron chi connectivity index (χ3n) is 6.30. The van der Waals surface area contributed by atoms with Gasteiger partial charge in [-0.15, -0.1) is 11.3 Å². The van der Waals surface area contributed by atoms with Crippen LogP contribution in [0.15, 0.2) is 11.6 Å². The third-order valence-corrected chi connectivity index (χ3v) is 7.06. The molecular formula is C17H25N3S. The standard InChI is InChI=1S/C17H25N3S/c1-11-13(20-7-8-21-15(20)19-11)10-18-14-16(2,3)12-5-6-17(14,4)9-12/h7-8,12,14,18H,5-6,9-10H2,1-4H3. The molecule has 2 heterocycles. The van der Waals surface area contributed by atoms with Gasteiger partial charge in [0.15, 0.2) is 4.96 Å². The molecule has 0 aromatic carbocycles. The molecule has 3 atom stereocenters. The topological polar surface area (TPSA) is 29.3 Å². The number of hydrogen-bond acceptors (Lipinski definition) is 3. The summed E-state index contributed by atoms with van der Waals surface area (Å²) >= 11 is 1.72. The van der Waals surface area contributed by atoms with E-state index in [2.05, 4.69) is 54.0 Å². The molecule has 2 saturated carbocycles. The SMILES string of the molecule is Cc1nc2sccn2c1CNC1C2(C)CCC(C2)C1(C)C.